The topological polar surface area (TPSA) is 210 Å². The number of benzene rings is 6. The highest BCUT2D eigenvalue weighted by molar-refractivity contribution is 7.86. The smallest absolute Gasteiger partial charge is 0.264 e. The third-order valence-electron chi connectivity index (χ3n) is 17.2. The number of carbonyl (C=O) groups excluding carboxylic acids is 2. The van der Waals surface area contributed by atoms with Gasteiger partial charge in [0.2, 0.25) is 0 Å². The van der Waals surface area contributed by atoms with Crippen LogP contribution in [0, 0.1) is 11.6 Å². The number of aldehydes is 2. The molecule has 2 aliphatic rings. The van der Waals surface area contributed by atoms with E-state index in [9.17, 15) is 26.8 Å². The molecule has 8 heterocycles. The highest BCUT2D eigenvalue weighted by Gasteiger charge is 2.38. The molecule has 2 aliphatic heterocycles. The normalized spacial score (nSPS) is 14.2. The highest BCUT2D eigenvalue weighted by Crippen LogP contribution is 2.40. The standard InChI is InChI=1S/C36H37FN6O2Si.C20H22FN5O2Si.C17H19NO3S/c1-46(2,3)17-16-45-24-42-20-27(23-44)33-36(42)38-19-31(39-33)34-30-15-14-28(37)18-32(30)43(40-34)29-21-41(22-29)35(25-10-6-4-7-11-25)26-12-8-5-9-13-26;1-29(2,3)7-6-28-12-26-10-13(11-27)18-20(26)22-9-17(23-18)19-15-5-4-14(21)8-16(15)24-25-19;1-22(19,20)21-16-12-18(13-16)17(14-8-4-2-5-9-14)15-10-6-3-7-11-15/h4-15,18-20,23,29,35H,16-17,21-22,24H2,1-3H3;4-5,8-11H,6-7,12H2,1-3H3,(H,24,25);2-11,16-17H,12-13H2,1H3. The Kier molecular flexibility index (Phi) is 20.5. The third kappa shape index (κ3) is 16.1. The van der Waals surface area contributed by atoms with Gasteiger partial charge in [0, 0.05) is 78.7 Å². The molecule has 97 heavy (non-hydrogen) atoms. The molecule has 0 atom stereocenters. The van der Waals surface area contributed by atoms with Gasteiger partial charge in [0.25, 0.3) is 10.1 Å². The summed E-state index contributed by atoms with van der Waals surface area (Å²) in [6, 6.07) is 53.0. The SMILES string of the molecule is CS(=O)(=O)OC1CN(C(c2ccccc2)c2ccccc2)C1.C[Si](C)(C)CCOCn1cc(C=O)c2nc(-c3n[nH]c4cc(F)ccc34)cnc21.C[Si](C)(C)CCOCn1cc(C=O)c2nc(-c3nn(C4CN(C(c5ccccc5)c5ccccc5)C4)c4cc(F)ccc34)cnc21. The number of rotatable bonds is 23. The summed E-state index contributed by atoms with van der Waals surface area (Å²) in [5.74, 6) is -0.664. The van der Waals surface area contributed by atoms with E-state index in [0.29, 0.717) is 107 Å². The number of hydrogen-bond acceptors (Lipinski definition) is 15. The summed E-state index contributed by atoms with van der Waals surface area (Å²) in [5, 5.41) is 13.6. The molecule has 0 bridgehead atoms. The lowest BCUT2D eigenvalue weighted by atomic mass is 9.93. The summed E-state index contributed by atoms with van der Waals surface area (Å²) >= 11 is 0. The largest absolute Gasteiger partial charge is 0.361 e. The van der Waals surface area contributed by atoms with Crippen molar-refractivity contribution in [3.63, 3.8) is 0 Å². The van der Waals surface area contributed by atoms with Crippen LogP contribution in [0.25, 0.3) is 66.9 Å². The van der Waals surface area contributed by atoms with Gasteiger partial charge < -0.3 is 18.6 Å². The van der Waals surface area contributed by atoms with Gasteiger partial charge in [-0.05, 0) is 70.7 Å². The number of ether oxygens (including phenoxy) is 2. The van der Waals surface area contributed by atoms with Crippen molar-refractivity contribution in [1.82, 2.24) is 58.8 Å². The summed E-state index contributed by atoms with van der Waals surface area (Å²) < 4.78 is 72.8. The molecule has 1 N–H and O–H groups in total. The lowest BCUT2D eigenvalue weighted by Gasteiger charge is -2.45. The minimum absolute atomic E-state index is 0.0459. The Morgan fingerprint density at radius 1 is 0.577 bits per heavy atom. The zero-order chi connectivity index (χ0) is 68.0. The maximum absolute atomic E-state index is 14.6. The molecule has 2 fully saturated rings. The van der Waals surface area contributed by atoms with E-state index in [1.165, 1.54) is 46.5 Å². The average molecular weight is 1360 g/mol. The molecular weight excluding hydrogens is 1280 g/mol. The molecule has 0 saturated carbocycles. The van der Waals surface area contributed by atoms with Crippen LogP contribution in [-0.4, -0.2) is 148 Å². The Balaban J connectivity index is 0.000000150. The zero-order valence-corrected chi connectivity index (χ0v) is 58.1. The zero-order valence-electron chi connectivity index (χ0n) is 55.3. The van der Waals surface area contributed by atoms with Gasteiger partial charge in [-0.1, -0.05) is 161 Å². The molecule has 0 amide bonds. The third-order valence-corrected chi connectivity index (χ3v) is 21.2. The van der Waals surface area contributed by atoms with Crippen LogP contribution in [0.4, 0.5) is 8.78 Å². The Hall–Kier alpha value is -9.12. The van der Waals surface area contributed by atoms with Crippen LogP contribution in [0.15, 0.2) is 183 Å². The fraction of sp³-hybridized carbons (Fsp3) is 0.288. The first-order chi connectivity index (χ1) is 46.7. The van der Waals surface area contributed by atoms with Crippen LogP contribution in [0.1, 0.15) is 61.1 Å². The molecular formula is C73H78F2N12O7SSi2. The van der Waals surface area contributed by atoms with E-state index in [0.717, 1.165) is 54.8 Å². The summed E-state index contributed by atoms with van der Waals surface area (Å²) in [5.41, 5.74) is 11.4. The van der Waals surface area contributed by atoms with Gasteiger partial charge in [-0.3, -0.25) is 33.4 Å². The van der Waals surface area contributed by atoms with Crippen LogP contribution in [-0.2, 0) is 37.2 Å². The average Bonchev–Trinajstić information content (AvgIpc) is 1.66. The number of H-pyrrole nitrogens is 1. The van der Waals surface area contributed by atoms with Gasteiger partial charge in [0.15, 0.2) is 23.9 Å². The molecule has 500 valence electrons. The molecule has 0 spiro atoms. The second-order valence-corrected chi connectivity index (χ2v) is 39.9. The number of carbonyl (C=O) groups is 2. The Morgan fingerprint density at radius 2 is 1.01 bits per heavy atom. The van der Waals surface area contributed by atoms with E-state index in [4.69, 9.17) is 28.7 Å². The first-order valence-electron chi connectivity index (χ1n) is 32.3. The number of aromatic amines is 1. The first kappa shape index (κ1) is 67.8. The summed E-state index contributed by atoms with van der Waals surface area (Å²) in [4.78, 5) is 47.0. The van der Waals surface area contributed by atoms with Gasteiger partial charge in [0.1, 0.15) is 65.0 Å². The molecule has 14 rings (SSSR count). The predicted octanol–water partition coefficient (Wildman–Crippen LogP) is 14.0. The summed E-state index contributed by atoms with van der Waals surface area (Å²) in [7, 11) is -5.78. The number of fused-ring (bicyclic) bond motifs is 4. The number of aromatic nitrogens is 10. The van der Waals surface area contributed by atoms with E-state index in [1.54, 1.807) is 41.5 Å². The lowest BCUT2D eigenvalue weighted by Crippen LogP contribution is -2.54. The van der Waals surface area contributed by atoms with Gasteiger partial charge in [-0.25, -0.2) is 28.7 Å². The maximum Gasteiger partial charge on any atom is 0.264 e. The predicted molar refractivity (Wildman–Crippen MR) is 379 cm³/mol. The number of likely N-dealkylation sites (tertiary alicyclic amines) is 2. The van der Waals surface area contributed by atoms with E-state index < -0.39 is 26.3 Å². The molecule has 0 radical (unpaired) electrons. The van der Waals surface area contributed by atoms with Gasteiger partial charge in [-0.15, -0.1) is 0 Å². The van der Waals surface area contributed by atoms with Gasteiger partial charge in [-0.2, -0.15) is 18.6 Å². The highest BCUT2D eigenvalue weighted by atomic mass is 32.2. The number of nitrogens with one attached hydrogen (secondary N) is 1. The van der Waals surface area contributed by atoms with E-state index in [2.05, 4.69) is 142 Å². The molecule has 6 aromatic carbocycles. The van der Waals surface area contributed by atoms with Crippen molar-refractivity contribution in [3.05, 3.63) is 228 Å². The van der Waals surface area contributed by atoms with Crippen LogP contribution < -0.4 is 0 Å². The van der Waals surface area contributed by atoms with Gasteiger partial charge >= 0.3 is 0 Å². The van der Waals surface area contributed by atoms with Crippen LogP contribution in [0.3, 0.4) is 0 Å². The van der Waals surface area contributed by atoms with Crippen molar-refractivity contribution in [2.24, 2.45) is 0 Å². The van der Waals surface area contributed by atoms with Crippen molar-refractivity contribution >= 4 is 83.0 Å². The molecule has 0 aliphatic carbocycles. The minimum atomic E-state index is -3.39. The Labute approximate surface area is 564 Å². The minimum Gasteiger partial charge on any atom is -0.361 e. The maximum atomic E-state index is 14.6. The molecule has 2 saturated heterocycles. The Bertz CT molecular complexity index is 4750. The molecule has 19 nitrogen and oxygen atoms in total. The fourth-order valence-electron chi connectivity index (χ4n) is 12.2. The van der Waals surface area contributed by atoms with Crippen molar-refractivity contribution in [2.75, 3.05) is 45.6 Å². The van der Waals surface area contributed by atoms with Crippen molar-refractivity contribution in [1.29, 1.82) is 0 Å². The lowest BCUT2D eigenvalue weighted by molar-refractivity contribution is 0.00474. The number of hydrogen-bond donors (Lipinski definition) is 1. The second kappa shape index (κ2) is 29.3. The van der Waals surface area contributed by atoms with Crippen LogP contribution >= 0.6 is 0 Å². The Morgan fingerprint density at radius 3 is 1.45 bits per heavy atom. The summed E-state index contributed by atoms with van der Waals surface area (Å²) in [6.07, 6.45) is 9.13. The molecule has 24 heteroatoms. The monoisotopic (exact) mass is 1360 g/mol. The van der Waals surface area contributed by atoms with Gasteiger partial charge in [0.05, 0.1) is 58.9 Å². The van der Waals surface area contributed by atoms with E-state index in [-0.39, 0.29) is 35.9 Å². The molecule has 0 unspecified atom stereocenters. The van der Waals surface area contributed by atoms with E-state index >= 15 is 0 Å². The molecule has 12 aromatic rings. The first-order valence-corrected chi connectivity index (χ1v) is 41.6. The molecule has 6 aromatic heterocycles. The number of nitrogens with zero attached hydrogens (tertiary/aromatic N) is 11. The van der Waals surface area contributed by atoms with Crippen molar-refractivity contribution in [2.45, 2.75) is 89.1 Å². The summed E-state index contributed by atoms with van der Waals surface area (Å²) in [6.45, 7) is 18.5. The number of halogens is 2. The quantitative estimate of drug-likeness (QED) is 0.0273. The van der Waals surface area contributed by atoms with E-state index in [1.807, 2.05) is 57.8 Å². The van der Waals surface area contributed by atoms with Crippen molar-refractivity contribution < 1.29 is 40.4 Å². The van der Waals surface area contributed by atoms with Crippen LogP contribution in [0.5, 0.6) is 0 Å². The van der Waals surface area contributed by atoms with Crippen molar-refractivity contribution in [3.8, 4) is 22.8 Å². The van der Waals surface area contributed by atoms with Crippen LogP contribution in [0.2, 0.25) is 51.4 Å². The second-order valence-electron chi connectivity index (χ2n) is 27.0. The fourth-order valence-corrected chi connectivity index (χ4v) is 14.3.